The van der Waals surface area contributed by atoms with E-state index in [0.717, 1.165) is 31.6 Å². The van der Waals surface area contributed by atoms with Gasteiger partial charge in [0.15, 0.2) is 11.6 Å². The van der Waals surface area contributed by atoms with E-state index in [4.69, 9.17) is 0 Å². The van der Waals surface area contributed by atoms with Crippen molar-refractivity contribution in [1.29, 1.82) is 0 Å². The summed E-state index contributed by atoms with van der Waals surface area (Å²) in [6.45, 7) is 6.36. The minimum Gasteiger partial charge on any atom is -0.387 e. The van der Waals surface area contributed by atoms with Crippen LogP contribution in [0.5, 0.6) is 0 Å². The number of halogens is 2. The van der Waals surface area contributed by atoms with Gasteiger partial charge in [0.05, 0.1) is 6.10 Å². The maximum atomic E-state index is 13.0. The van der Waals surface area contributed by atoms with Crippen LogP contribution in [0, 0.1) is 11.6 Å². The van der Waals surface area contributed by atoms with Gasteiger partial charge in [-0.05, 0) is 58.1 Å². The second-order valence-electron chi connectivity index (χ2n) is 5.32. The molecule has 0 heterocycles. The maximum absolute atomic E-state index is 13.0. The third-order valence-corrected chi connectivity index (χ3v) is 3.41. The van der Waals surface area contributed by atoms with Crippen LogP contribution < -0.4 is 5.32 Å². The Morgan fingerprint density at radius 2 is 1.95 bits per heavy atom. The van der Waals surface area contributed by atoms with Crippen LogP contribution in [0.3, 0.4) is 0 Å². The van der Waals surface area contributed by atoms with Crippen LogP contribution in [-0.2, 0) is 0 Å². The van der Waals surface area contributed by atoms with Crippen molar-refractivity contribution in [1.82, 2.24) is 10.2 Å². The average Bonchev–Trinajstić information content (AvgIpc) is 2.40. The molecule has 0 radical (unpaired) electrons. The van der Waals surface area contributed by atoms with Crippen LogP contribution in [-0.4, -0.2) is 42.7 Å². The standard InChI is InChI=1S/C15H24F2N2O/c1-11(2)19(3)8-4-7-18-10-15(20)12-5-6-13(16)14(17)9-12/h5-6,9,11,15,18,20H,4,7-8,10H2,1-3H3. The van der Waals surface area contributed by atoms with Crippen molar-refractivity contribution in [2.45, 2.75) is 32.4 Å². The lowest BCUT2D eigenvalue weighted by Crippen LogP contribution is -2.30. The summed E-state index contributed by atoms with van der Waals surface area (Å²) in [5, 5.41) is 13.0. The summed E-state index contributed by atoms with van der Waals surface area (Å²) in [4.78, 5) is 2.24. The average molecular weight is 286 g/mol. The molecule has 1 rings (SSSR count). The van der Waals surface area contributed by atoms with Gasteiger partial charge in [0.2, 0.25) is 0 Å². The molecular weight excluding hydrogens is 262 g/mol. The zero-order valence-electron chi connectivity index (χ0n) is 12.4. The Morgan fingerprint density at radius 1 is 1.25 bits per heavy atom. The van der Waals surface area contributed by atoms with E-state index in [1.54, 1.807) is 0 Å². The second kappa shape index (κ2) is 8.29. The number of nitrogens with one attached hydrogen (secondary N) is 1. The van der Waals surface area contributed by atoms with Crippen LogP contribution in [0.1, 0.15) is 31.9 Å². The maximum Gasteiger partial charge on any atom is 0.159 e. The number of aliphatic hydroxyl groups excluding tert-OH is 1. The van der Waals surface area contributed by atoms with Gasteiger partial charge in [-0.25, -0.2) is 8.78 Å². The first-order valence-electron chi connectivity index (χ1n) is 6.95. The van der Waals surface area contributed by atoms with E-state index < -0.39 is 17.7 Å². The Kier molecular flexibility index (Phi) is 7.05. The van der Waals surface area contributed by atoms with E-state index in [0.29, 0.717) is 18.2 Å². The molecule has 2 N–H and O–H groups in total. The number of hydrogen-bond donors (Lipinski definition) is 2. The van der Waals surface area contributed by atoms with E-state index in [2.05, 4.69) is 31.1 Å². The Morgan fingerprint density at radius 3 is 2.55 bits per heavy atom. The van der Waals surface area contributed by atoms with Crippen LogP contribution in [0.2, 0.25) is 0 Å². The molecule has 3 nitrogen and oxygen atoms in total. The highest BCUT2D eigenvalue weighted by molar-refractivity contribution is 5.20. The molecule has 0 saturated carbocycles. The Hall–Kier alpha value is -1.04. The molecule has 0 spiro atoms. The number of aliphatic hydroxyl groups is 1. The van der Waals surface area contributed by atoms with Gasteiger partial charge in [0.1, 0.15) is 0 Å². The highest BCUT2D eigenvalue weighted by Crippen LogP contribution is 2.15. The fourth-order valence-electron chi connectivity index (χ4n) is 1.79. The molecule has 0 bridgehead atoms. The minimum absolute atomic E-state index is 0.330. The predicted molar refractivity (Wildman–Crippen MR) is 76.6 cm³/mol. The fourth-order valence-corrected chi connectivity index (χ4v) is 1.79. The van der Waals surface area contributed by atoms with Gasteiger partial charge < -0.3 is 15.3 Å². The van der Waals surface area contributed by atoms with E-state index in [1.807, 2.05) is 0 Å². The molecule has 0 saturated heterocycles. The first-order valence-corrected chi connectivity index (χ1v) is 6.95. The summed E-state index contributed by atoms with van der Waals surface area (Å²) in [6.07, 6.45) is 0.145. The molecule has 0 fully saturated rings. The summed E-state index contributed by atoms with van der Waals surface area (Å²) in [5.41, 5.74) is 0.385. The van der Waals surface area contributed by atoms with Gasteiger partial charge >= 0.3 is 0 Å². The normalized spacial score (nSPS) is 13.2. The number of rotatable bonds is 8. The Bertz CT molecular complexity index is 413. The summed E-state index contributed by atoms with van der Waals surface area (Å²) < 4.78 is 25.8. The van der Waals surface area contributed by atoms with Gasteiger partial charge in [0.25, 0.3) is 0 Å². The molecule has 1 aromatic carbocycles. The van der Waals surface area contributed by atoms with E-state index in [1.165, 1.54) is 6.07 Å². The van der Waals surface area contributed by atoms with E-state index in [9.17, 15) is 13.9 Å². The zero-order chi connectivity index (χ0) is 15.1. The zero-order valence-corrected chi connectivity index (χ0v) is 12.4. The van der Waals surface area contributed by atoms with Gasteiger partial charge in [-0.2, -0.15) is 0 Å². The SMILES string of the molecule is CC(C)N(C)CCCNCC(O)c1ccc(F)c(F)c1. The first kappa shape index (κ1) is 17.0. The monoisotopic (exact) mass is 286 g/mol. The third kappa shape index (κ3) is 5.53. The Balaban J connectivity index is 2.26. The lowest BCUT2D eigenvalue weighted by atomic mass is 10.1. The third-order valence-electron chi connectivity index (χ3n) is 3.41. The highest BCUT2D eigenvalue weighted by atomic mass is 19.2. The van der Waals surface area contributed by atoms with E-state index >= 15 is 0 Å². The van der Waals surface area contributed by atoms with Crippen molar-refractivity contribution in [2.75, 3.05) is 26.7 Å². The van der Waals surface area contributed by atoms with E-state index in [-0.39, 0.29) is 0 Å². The van der Waals surface area contributed by atoms with Crippen LogP contribution in [0.15, 0.2) is 18.2 Å². The number of benzene rings is 1. The van der Waals surface area contributed by atoms with Gasteiger partial charge in [-0.1, -0.05) is 6.07 Å². The molecule has 0 amide bonds. The lowest BCUT2D eigenvalue weighted by Gasteiger charge is -2.21. The number of hydrogen-bond acceptors (Lipinski definition) is 3. The van der Waals surface area contributed by atoms with Gasteiger partial charge in [0, 0.05) is 12.6 Å². The van der Waals surface area contributed by atoms with Crippen molar-refractivity contribution in [2.24, 2.45) is 0 Å². The number of nitrogens with zero attached hydrogens (tertiary/aromatic N) is 1. The molecule has 5 heteroatoms. The second-order valence-corrected chi connectivity index (χ2v) is 5.32. The van der Waals surface area contributed by atoms with Gasteiger partial charge in [-0.15, -0.1) is 0 Å². The molecule has 0 aliphatic rings. The van der Waals surface area contributed by atoms with Crippen molar-refractivity contribution in [3.05, 3.63) is 35.4 Å². The van der Waals surface area contributed by atoms with Crippen molar-refractivity contribution in [3.8, 4) is 0 Å². The summed E-state index contributed by atoms with van der Waals surface area (Å²) in [7, 11) is 2.07. The molecule has 0 aliphatic carbocycles. The smallest absolute Gasteiger partial charge is 0.159 e. The first-order chi connectivity index (χ1) is 9.41. The van der Waals surface area contributed by atoms with Gasteiger partial charge in [-0.3, -0.25) is 0 Å². The quantitative estimate of drug-likeness (QED) is 0.720. The molecule has 1 unspecified atom stereocenters. The Labute approximate surface area is 119 Å². The molecule has 1 aromatic rings. The predicted octanol–water partition coefficient (Wildman–Crippen LogP) is 2.32. The molecular formula is C15H24F2N2O. The molecule has 1 atom stereocenters. The van der Waals surface area contributed by atoms with Crippen molar-refractivity contribution >= 4 is 0 Å². The van der Waals surface area contributed by atoms with Crippen LogP contribution in [0.25, 0.3) is 0 Å². The molecule has 114 valence electrons. The molecule has 0 aromatic heterocycles. The minimum atomic E-state index is -0.930. The summed E-state index contributed by atoms with van der Waals surface area (Å²) in [5.74, 6) is -1.83. The van der Waals surface area contributed by atoms with Crippen molar-refractivity contribution in [3.63, 3.8) is 0 Å². The highest BCUT2D eigenvalue weighted by Gasteiger charge is 2.10. The molecule has 20 heavy (non-hydrogen) atoms. The lowest BCUT2D eigenvalue weighted by molar-refractivity contribution is 0.173. The molecule has 0 aliphatic heterocycles. The fraction of sp³-hybridized carbons (Fsp3) is 0.600. The summed E-state index contributed by atoms with van der Waals surface area (Å²) >= 11 is 0. The van der Waals surface area contributed by atoms with Crippen LogP contribution >= 0.6 is 0 Å². The van der Waals surface area contributed by atoms with Crippen LogP contribution in [0.4, 0.5) is 8.78 Å². The van der Waals surface area contributed by atoms with Crippen molar-refractivity contribution < 1.29 is 13.9 Å². The largest absolute Gasteiger partial charge is 0.387 e. The topological polar surface area (TPSA) is 35.5 Å². The summed E-state index contributed by atoms with van der Waals surface area (Å²) in [6, 6.07) is 3.99.